The summed E-state index contributed by atoms with van der Waals surface area (Å²) in [4.78, 5) is 22.2. The first-order chi connectivity index (χ1) is 11.0. The minimum atomic E-state index is -0.654. The largest absolute Gasteiger partial charge is 0.463 e. The van der Waals surface area contributed by atoms with E-state index < -0.39 is 30.4 Å². The Bertz CT molecular complexity index is 600. The van der Waals surface area contributed by atoms with Gasteiger partial charge in [-0.15, -0.1) is 0 Å². The zero-order valence-corrected chi connectivity index (χ0v) is 14.9. The molecule has 0 N–H and O–H groups in total. The molecule has 0 radical (unpaired) electrons. The summed E-state index contributed by atoms with van der Waals surface area (Å²) in [7, 11) is 0. The lowest BCUT2D eigenvalue weighted by molar-refractivity contribution is -0.178. The van der Waals surface area contributed by atoms with Crippen LogP contribution in [-0.2, 0) is 23.8 Å². The van der Waals surface area contributed by atoms with Crippen LogP contribution in [0.3, 0.4) is 0 Å². The second kappa shape index (κ2) is 8.30. The van der Waals surface area contributed by atoms with E-state index in [1.807, 2.05) is 24.3 Å². The Labute approximate surface area is 147 Å². The lowest BCUT2D eigenvalue weighted by Gasteiger charge is -2.31. The highest BCUT2D eigenvalue weighted by Crippen LogP contribution is 2.24. The van der Waals surface area contributed by atoms with Gasteiger partial charge in [0.25, 0.3) is 0 Å². The van der Waals surface area contributed by atoms with Crippen LogP contribution >= 0.6 is 22.6 Å². The van der Waals surface area contributed by atoms with Gasteiger partial charge in [-0.25, -0.2) is 0 Å². The average molecular weight is 432 g/mol. The summed E-state index contributed by atoms with van der Waals surface area (Å²) in [6.45, 7) is 2.59. The van der Waals surface area contributed by atoms with E-state index >= 15 is 0 Å². The SMILES string of the molecule is CC(=O)OC[C@H]1O[C@H](Oc2ccccc2I)C=C[C@@H]1OC(C)=O. The highest BCUT2D eigenvalue weighted by Gasteiger charge is 2.31. The maximum atomic E-state index is 11.2. The van der Waals surface area contributed by atoms with Crippen molar-refractivity contribution >= 4 is 34.5 Å². The predicted molar refractivity (Wildman–Crippen MR) is 89.8 cm³/mol. The van der Waals surface area contributed by atoms with Crippen molar-refractivity contribution < 1.29 is 28.5 Å². The van der Waals surface area contributed by atoms with Crippen LogP contribution in [0.2, 0.25) is 0 Å². The molecule has 0 bridgehead atoms. The molecule has 1 aliphatic rings. The number of hydrogen-bond acceptors (Lipinski definition) is 6. The van der Waals surface area contributed by atoms with Gasteiger partial charge >= 0.3 is 11.9 Å². The third kappa shape index (κ3) is 5.51. The van der Waals surface area contributed by atoms with Gasteiger partial charge in [0.15, 0.2) is 0 Å². The fraction of sp³-hybridized carbons (Fsp3) is 0.375. The van der Waals surface area contributed by atoms with Crippen LogP contribution in [0.15, 0.2) is 36.4 Å². The van der Waals surface area contributed by atoms with Crippen molar-refractivity contribution in [1.29, 1.82) is 0 Å². The number of esters is 2. The standard InChI is InChI=1S/C16H17IO6/c1-10(18)20-9-15-14(21-11(2)19)7-8-16(23-15)22-13-6-4-3-5-12(13)17/h3-8,14-16H,9H2,1-2H3/t14-,15+,16-/m0/s1. The van der Waals surface area contributed by atoms with Crippen molar-refractivity contribution in [2.75, 3.05) is 6.61 Å². The predicted octanol–water partition coefficient (Wildman–Crippen LogP) is 2.45. The molecule has 1 aliphatic heterocycles. The number of hydrogen-bond donors (Lipinski definition) is 0. The minimum Gasteiger partial charge on any atom is -0.463 e. The van der Waals surface area contributed by atoms with E-state index in [1.165, 1.54) is 13.8 Å². The van der Waals surface area contributed by atoms with Gasteiger partial charge in [0.1, 0.15) is 24.6 Å². The van der Waals surface area contributed by atoms with Crippen LogP contribution < -0.4 is 4.74 Å². The number of benzene rings is 1. The summed E-state index contributed by atoms with van der Waals surface area (Å²) in [6, 6.07) is 7.52. The second-order valence-corrected chi connectivity index (χ2v) is 6.01. The molecule has 23 heavy (non-hydrogen) atoms. The summed E-state index contributed by atoms with van der Waals surface area (Å²) in [5, 5.41) is 0. The van der Waals surface area contributed by atoms with Crippen LogP contribution in [-0.4, -0.2) is 37.0 Å². The summed E-state index contributed by atoms with van der Waals surface area (Å²) < 4.78 is 22.6. The molecular formula is C16H17IO6. The first kappa shape index (κ1) is 17.7. The molecule has 1 aromatic carbocycles. The molecule has 0 saturated heterocycles. The molecule has 0 fully saturated rings. The molecule has 0 unspecified atom stereocenters. The van der Waals surface area contributed by atoms with E-state index in [0.717, 1.165) is 3.57 Å². The van der Waals surface area contributed by atoms with E-state index in [0.29, 0.717) is 5.75 Å². The number of ether oxygens (including phenoxy) is 4. The van der Waals surface area contributed by atoms with Crippen molar-refractivity contribution in [3.8, 4) is 5.75 Å². The monoisotopic (exact) mass is 432 g/mol. The van der Waals surface area contributed by atoms with Crippen LogP contribution in [0.4, 0.5) is 0 Å². The minimum absolute atomic E-state index is 0.0244. The molecule has 7 heteroatoms. The normalized spacial score (nSPS) is 23.2. The molecule has 1 aromatic rings. The van der Waals surface area contributed by atoms with Crippen molar-refractivity contribution in [3.63, 3.8) is 0 Å². The van der Waals surface area contributed by atoms with Crippen LogP contribution in [0.5, 0.6) is 5.75 Å². The Morgan fingerprint density at radius 1 is 1.17 bits per heavy atom. The zero-order valence-electron chi connectivity index (χ0n) is 12.7. The lowest BCUT2D eigenvalue weighted by Crippen LogP contribution is -2.43. The van der Waals surface area contributed by atoms with E-state index in [-0.39, 0.29) is 6.61 Å². The first-order valence-corrected chi connectivity index (χ1v) is 8.09. The number of carbonyl (C=O) groups excluding carboxylic acids is 2. The Hall–Kier alpha value is -1.61. The van der Waals surface area contributed by atoms with Crippen molar-refractivity contribution in [3.05, 3.63) is 40.0 Å². The molecule has 0 aliphatic carbocycles. The number of rotatable bonds is 5. The molecule has 1 heterocycles. The molecule has 6 nitrogen and oxygen atoms in total. The van der Waals surface area contributed by atoms with Crippen LogP contribution in [0.25, 0.3) is 0 Å². The maximum Gasteiger partial charge on any atom is 0.303 e. The lowest BCUT2D eigenvalue weighted by atomic mass is 10.1. The van der Waals surface area contributed by atoms with Gasteiger partial charge in [0.05, 0.1) is 3.57 Å². The fourth-order valence-corrected chi connectivity index (χ4v) is 2.51. The average Bonchev–Trinajstić information content (AvgIpc) is 2.49. The molecule has 0 aromatic heterocycles. The smallest absolute Gasteiger partial charge is 0.303 e. The molecule has 2 rings (SSSR count). The Kier molecular flexibility index (Phi) is 6.40. The van der Waals surface area contributed by atoms with E-state index in [4.69, 9.17) is 18.9 Å². The number of para-hydroxylation sites is 1. The summed E-state index contributed by atoms with van der Waals surface area (Å²) in [5.41, 5.74) is 0. The Morgan fingerprint density at radius 3 is 2.57 bits per heavy atom. The molecule has 0 spiro atoms. The summed E-state index contributed by atoms with van der Waals surface area (Å²) in [6.07, 6.45) is 1.44. The van der Waals surface area contributed by atoms with Gasteiger partial charge in [-0.2, -0.15) is 0 Å². The third-order valence-corrected chi connectivity index (χ3v) is 3.86. The van der Waals surface area contributed by atoms with Crippen molar-refractivity contribution in [2.24, 2.45) is 0 Å². The molecular weight excluding hydrogens is 415 g/mol. The molecule has 3 atom stereocenters. The van der Waals surface area contributed by atoms with Gasteiger partial charge in [-0.3, -0.25) is 9.59 Å². The van der Waals surface area contributed by atoms with E-state index in [1.54, 1.807) is 12.2 Å². The summed E-state index contributed by atoms with van der Waals surface area (Å²) in [5.74, 6) is -0.187. The van der Waals surface area contributed by atoms with Gasteiger partial charge in [0, 0.05) is 13.8 Å². The quantitative estimate of drug-likeness (QED) is 0.405. The molecule has 0 amide bonds. The van der Waals surface area contributed by atoms with Crippen LogP contribution in [0, 0.1) is 3.57 Å². The first-order valence-electron chi connectivity index (χ1n) is 7.01. The van der Waals surface area contributed by atoms with E-state index in [2.05, 4.69) is 22.6 Å². The highest BCUT2D eigenvalue weighted by atomic mass is 127. The highest BCUT2D eigenvalue weighted by molar-refractivity contribution is 14.1. The second-order valence-electron chi connectivity index (χ2n) is 4.85. The topological polar surface area (TPSA) is 71.1 Å². The van der Waals surface area contributed by atoms with Crippen molar-refractivity contribution in [2.45, 2.75) is 32.3 Å². The maximum absolute atomic E-state index is 11.2. The molecule has 0 saturated carbocycles. The number of carbonyl (C=O) groups is 2. The number of halogens is 1. The van der Waals surface area contributed by atoms with Gasteiger partial charge in [-0.05, 0) is 46.9 Å². The fourth-order valence-electron chi connectivity index (χ4n) is 1.99. The Balaban J connectivity index is 2.07. The third-order valence-electron chi connectivity index (χ3n) is 2.97. The van der Waals surface area contributed by atoms with Crippen LogP contribution in [0.1, 0.15) is 13.8 Å². The zero-order chi connectivity index (χ0) is 16.8. The molecule has 124 valence electrons. The van der Waals surface area contributed by atoms with Gasteiger partial charge in [0.2, 0.25) is 6.29 Å². The van der Waals surface area contributed by atoms with Crippen molar-refractivity contribution in [1.82, 2.24) is 0 Å². The van der Waals surface area contributed by atoms with E-state index in [9.17, 15) is 9.59 Å². The van der Waals surface area contributed by atoms with Gasteiger partial charge in [-0.1, -0.05) is 12.1 Å². The Morgan fingerprint density at radius 2 is 1.91 bits per heavy atom. The summed E-state index contributed by atoms with van der Waals surface area (Å²) >= 11 is 2.16. The van der Waals surface area contributed by atoms with Gasteiger partial charge < -0.3 is 18.9 Å².